The highest BCUT2D eigenvalue weighted by molar-refractivity contribution is 5.79. The van der Waals surface area contributed by atoms with Crippen LogP contribution in [-0.2, 0) is 17.8 Å². The Morgan fingerprint density at radius 3 is 1.81 bits per heavy atom. The van der Waals surface area contributed by atoms with E-state index in [4.69, 9.17) is 0 Å². The molecule has 0 aromatic heterocycles. The fourth-order valence-corrected chi connectivity index (χ4v) is 3.08. The Bertz CT molecular complexity index is 803. The molecule has 1 N–H and O–H groups in total. The molecule has 0 bridgehead atoms. The molecular formula is C23H23NO2. The Kier molecular flexibility index (Phi) is 6.18. The summed E-state index contributed by atoms with van der Waals surface area (Å²) in [7, 11) is 0. The van der Waals surface area contributed by atoms with Crippen molar-refractivity contribution in [2.24, 2.45) is 0 Å². The lowest BCUT2D eigenvalue weighted by Crippen LogP contribution is -2.37. The normalized spacial score (nSPS) is 11.7. The molecule has 0 aliphatic carbocycles. The maximum absolute atomic E-state index is 13.1. The van der Waals surface area contributed by atoms with Crippen LogP contribution in [0.1, 0.15) is 22.7 Å². The van der Waals surface area contributed by atoms with Gasteiger partial charge in [0, 0.05) is 6.54 Å². The molecule has 3 heteroatoms. The third-order valence-electron chi connectivity index (χ3n) is 4.45. The van der Waals surface area contributed by atoms with Crippen molar-refractivity contribution in [2.45, 2.75) is 19.0 Å². The Hall–Kier alpha value is -2.91. The second kappa shape index (κ2) is 8.97. The highest BCUT2D eigenvalue weighted by Gasteiger charge is 2.24. The molecule has 1 atom stereocenters. The smallest absolute Gasteiger partial charge is 0.227 e. The average molecular weight is 345 g/mol. The van der Waals surface area contributed by atoms with Gasteiger partial charge < -0.3 is 10.0 Å². The van der Waals surface area contributed by atoms with E-state index in [1.807, 2.05) is 91.0 Å². The minimum atomic E-state index is -0.368. The summed E-state index contributed by atoms with van der Waals surface area (Å²) in [5, 5.41) is 10.0. The lowest BCUT2D eigenvalue weighted by Gasteiger charge is -2.31. The van der Waals surface area contributed by atoms with Gasteiger partial charge in [0.25, 0.3) is 0 Å². The molecule has 1 amide bonds. The molecule has 0 heterocycles. The lowest BCUT2D eigenvalue weighted by atomic mass is 10.0. The van der Waals surface area contributed by atoms with Crippen LogP contribution in [0.3, 0.4) is 0 Å². The monoisotopic (exact) mass is 345 g/mol. The number of aliphatic hydroxyl groups excluding tert-OH is 1. The van der Waals surface area contributed by atoms with Gasteiger partial charge in [-0.05, 0) is 16.7 Å². The molecule has 0 unspecified atom stereocenters. The minimum absolute atomic E-state index is 0.00274. The van der Waals surface area contributed by atoms with Crippen LogP contribution in [0.15, 0.2) is 91.0 Å². The molecule has 132 valence electrons. The molecule has 0 fully saturated rings. The molecule has 0 aliphatic heterocycles. The number of nitrogens with zero attached hydrogens (tertiary/aromatic N) is 1. The van der Waals surface area contributed by atoms with Crippen LogP contribution < -0.4 is 0 Å². The SMILES string of the molecule is O=C(Cc1ccccc1)N(Cc1ccccc1)[C@@H](CO)c1ccccc1. The fourth-order valence-electron chi connectivity index (χ4n) is 3.08. The molecule has 3 aromatic rings. The van der Waals surface area contributed by atoms with Gasteiger partial charge in [-0.1, -0.05) is 91.0 Å². The van der Waals surface area contributed by atoms with Crippen LogP contribution in [0.4, 0.5) is 0 Å². The molecule has 0 saturated heterocycles. The van der Waals surface area contributed by atoms with Crippen molar-refractivity contribution in [1.82, 2.24) is 4.90 Å². The summed E-state index contributed by atoms with van der Waals surface area (Å²) in [6.07, 6.45) is 0.316. The van der Waals surface area contributed by atoms with Gasteiger partial charge in [0.1, 0.15) is 0 Å². The zero-order valence-corrected chi connectivity index (χ0v) is 14.7. The third-order valence-corrected chi connectivity index (χ3v) is 4.45. The van der Waals surface area contributed by atoms with Crippen molar-refractivity contribution >= 4 is 5.91 Å². The van der Waals surface area contributed by atoms with Crippen molar-refractivity contribution in [2.75, 3.05) is 6.61 Å². The molecule has 0 saturated carbocycles. The number of rotatable bonds is 7. The fraction of sp³-hybridized carbons (Fsp3) is 0.174. The van der Waals surface area contributed by atoms with Crippen LogP contribution in [-0.4, -0.2) is 22.5 Å². The van der Waals surface area contributed by atoms with Crippen LogP contribution in [0.2, 0.25) is 0 Å². The van der Waals surface area contributed by atoms with Gasteiger partial charge in [-0.25, -0.2) is 0 Å². The van der Waals surface area contributed by atoms with Crippen molar-refractivity contribution < 1.29 is 9.90 Å². The lowest BCUT2D eigenvalue weighted by molar-refractivity contribution is -0.134. The summed E-state index contributed by atoms with van der Waals surface area (Å²) in [5.74, 6) is 0.00274. The zero-order valence-electron chi connectivity index (χ0n) is 14.7. The van der Waals surface area contributed by atoms with E-state index in [2.05, 4.69) is 0 Å². The Morgan fingerprint density at radius 1 is 0.769 bits per heavy atom. The van der Waals surface area contributed by atoms with Crippen molar-refractivity contribution in [1.29, 1.82) is 0 Å². The van der Waals surface area contributed by atoms with Crippen molar-refractivity contribution in [3.8, 4) is 0 Å². The maximum Gasteiger partial charge on any atom is 0.227 e. The molecule has 26 heavy (non-hydrogen) atoms. The van der Waals surface area contributed by atoms with Gasteiger partial charge in [-0.15, -0.1) is 0 Å². The zero-order chi connectivity index (χ0) is 18.2. The van der Waals surface area contributed by atoms with E-state index in [1.54, 1.807) is 4.90 Å². The van der Waals surface area contributed by atoms with E-state index in [-0.39, 0.29) is 18.6 Å². The predicted molar refractivity (Wildman–Crippen MR) is 103 cm³/mol. The first-order chi connectivity index (χ1) is 12.8. The molecule has 3 nitrogen and oxygen atoms in total. The predicted octanol–water partition coefficient (Wildman–Crippen LogP) is 3.99. The van der Waals surface area contributed by atoms with Crippen molar-refractivity contribution in [3.05, 3.63) is 108 Å². The molecule has 0 aliphatic rings. The van der Waals surface area contributed by atoms with Crippen LogP contribution in [0.5, 0.6) is 0 Å². The number of carbonyl (C=O) groups is 1. The van der Waals surface area contributed by atoms with E-state index in [1.165, 1.54) is 0 Å². The molecule has 0 radical (unpaired) electrons. The maximum atomic E-state index is 13.1. The van der Waals surface area contributed by atoms with E-state index >= 15 is 0 Å². The van der Waals surface area contributed by atoms with Gasteiger partial charge >= 0.3 is 0 Å². The minimum Gasteiger partial charge on any atom is -0.394 e. The standard InChI is InChI=1S/C23H23NO2/c25-18-22(21-14-8-3-9-15-21)24(17-20-12-6-2-7-13-20)23(26)16-19-10-4-1-5-11-19/h1-15,22,25H,16-18H2/t22-/m0/s1. The van der Waals surface area contributed by atoms with Crippen LogP contribution >= 0.6 is 0 Å². The highest BCUT2D eigenvalue weighted by Crippen LogP contribution is 2.23. The van der Waals surface area contributed by atoms with Crippen LogP contribution in [0.25, 0.3) is 0 Å². The van der Waals surface area contributed by atoms with E-state index in [9.17, 15) is 9.90 Å². The number of hydrogen-bond acceptors (Lipinski definition) is 2. The first-order valence-electron chi connectivity index (χ1n) is 8.81. The third kappa shape index (κ3) is 4.58. The van der Waals surface area contributed by atoms with Gasteiger partial charge in [0.2, 0.25) is 5.91 Å². The quantitative estimate of drug-likeness (QED) is 0.703. The molecule has 3 aromatic carbocycles. The first kappa shape index (κ1) is 17.9. The number of amides is 1. The average Bonchev–Trinajstić information content (AvgIpc) is 2.70. The Morgan fingerprint density at radius 2 is 1.27 bits per heavy atom. The number of benzene rings is 3. The molecule has 3 rings (SSSR count). The van der Waals surface area contributed by atoms with E-state index < -0.39 is 0 Å². The molecular weight excluding hydrogens is 322 g/mol. The summed E-state index contributed by atoms with van der Waals surface area (Å²) >= 11 is 0. The topological polar surface area (TPSA) is 40.5 Å². The number of carbonyl (C=O) groups excluding carboxylic acids is 1. The largest absolute Gasteiger partial charge is 0.394 e. The summed E-state index contributed by atoms with van der Waals surface area (Å²) < 4.78 is 0. The number of aliphatic hydroxyl groups is 1. The summed E-state index contributed by atoms with van der Waals surface area (Å²) in [6, 6.07) is 28.9. The van der Waals surface area contributed by atoms with Gasteiger partial charge in [0.15, 0.2) is 0 Å². The van der Waals surface area contributed by atoms with E-state index in [0.29, 0.717) is 13.0 Å². The van der Waals surface area contributed by atoms with E-state index in [0.717, 1.165) is 16.7 Å². The van der Waals surface area contributed by atoms with Gasteiger partial charge in [-0.2, -0.15) is 0 Å². The summed E-state index contributed by atoms with van der Waals surface area (Å²) in [5.41, 5.74) is 2.95. The second-order valence-corrected chi connectivity index (χ2v) is 6.28. The van der Waals surface area contributed by atoms with Crippen LogP contribution in [0, 0.1) is 0 Å². The molecule has 0 spiro atoms. The Labute approximate surface area is 154 Å². The highest BCUT2D eigenvalue weighted by atomic mass is 16.3. The number of hydrogen-bond donors (Lipinski definition) is 1. The summed E-state index contributed by atoms with van der Waals surface area (Å²) in [6.45, 7) is 0.351. The second-order valence-electron chi connectivity index (χ2n) is 6.28. The van der Waals surface area contributed by atoms with Gasteiger partial charge in [-0.3, -0.25) is 4.79 Å². The Balaban J connectivity index is 1.88. The first-order valence-corrected chi connectivity index (χ1v) is 8.81. The van der Waals surface area contributed by atoms with Crippen molar-refractivity contribution in [3.63, 3.8) is 0 Å². The van der Waals surface area contributed by atoms with Gasteiger partial charge in [0.05, 0.1) is 19.1 Å². The summed E-state index contributed by atoms with van der Waals surface area (Å²) in [4.78, 5) is 14.9.